The van der Waals surface area contributed by atoms with Gasteiger partial charge in [-0.25, -0.2) is 0 Å². The zero-order chi connectivity index (χ0) is 16.2. The van der Waals surface area contributed by atoms with Crippen molar-refractivity contribution >= 4 is 31.9 Å². The fraction of sp³-hybridized carbons (Fsp3) is 0.400. The minimum Gasteiger partial charge on any atom is -0.0769 e. The first-order valence-corrected chi connectivity index (χ1v) is 9.43. The summed E-state index contributed by atoms with van der Waals surface area (Å²) in [5.41, 5.74) is 13.3. The maximum absolute atomic E-state index is 3.88. The van der Waals surface area contributed by atoms with Crippen LogP contribution in [0, 0.1) is 0 Å². The molecule has 22 heavy (non-hydrogen) atoms. The highest BCUT2D eigenvalue weighted by atomic mass is 79.9. The summed E-state index contributed by atoms with van der Waals surface area (Å²) in [4.78, 5) is 0. The molecule has 0 amide bonds. The van der Waals surface area contributed by atoms with Gasteiger partial charge in [-0.3, -0.25) is 0 Å². The normalized spacial score (nSPS) is 23.0. The summed E-state index contributed by atoms with van der Waals surface area (Å²) in [5, 5.41) is 0. The molecule has 0 saturated heterocycles. The van der Waals surface area contributed by atoms with E-state index in [4.69, 9.17) is 0 Å². The van der Waals surface area contributed by atoms with Crippen LogP contribution in [0.3, 0.4) is 0 Å². The topological polar surface area (TPSA) is 0 Å². The molecular formula is C20H22Br2. The van der Waals surface area contributed by atoms with Gasteiger partial charge in [0.25, 0.3) is 0 Å². The summed E-state index contributed by atoms with van der Waals surface area (Å²) in [6.07, 6.45) is 5.56. The Hall–Kier alpha value is -0.600. The van der Waals surface area contributed by atoms with E-state index in [1.54, 1.807) is 5.57 Å². The van der Waals surface area contributed by atoms with Crippen LogP contribution in [0.25, 0.3) is 0 Å². The third kappa shape index (κ3) is 2.39. The van der Waals surface area contributed by atoms with E-state index in [0.29, 0.717) is 0 Å². The van der Waals surface area contributed by atoms with Gasteiger partial charge >= 0.3 is 0 Å². The quantitative estimate of drug-likeness (QED) is 0.435. The monoisotopic (exact) mass is 420 g/mol. The SMILES string of the molecule is CC1=CCC(C2=C(C)C(Br)=C(C3=C(C)C(C)=C(Br)C3)C2)=C1C. The van der Waals surface area contributed by atoms with Crippen molar-refractivity contribution in [2.24, 2.45) is 0 Å². The van der Waals surface area contributed by atoms with E-state index < -0.39 is 0 Å². The van der Waals surface area contributed by atoms with Gasteiger partial charge in [0.2, 0.25) is 0 Å². The van der Waals surface area contributed by atoms with E-state index in [2.05, 4.69) is 72.6 Å². The van der Waals surface area contributed by atoms with Crippen LogP contribution in [0.4, 0.5) is 0 Å². The molecule has 3 aliphatic carbocycles. The zero-order valence-corrected chi connectivity index (χ0v) is 17.1. The molecule has 0 unspecified atom stereocenters. The number of hydrogen-bond donors (Lipinski definition) is 0. The molecule has 3 rings (SSSR count). The highest BCUT2D eigenvalue weighted by Crippen LogP contribution is 2.49. The molecule has 0 bridgehead atoms. The van der Waals surface area contributed by atoms with Crippen molar-refractivity contribution in [2.75, 3.05) is 0 Å². The molecule has 0 spiro atoms. The van der Waals surface area contributed by atoms with E-state index in [9.17, 15) is 0 Å². The maximum Gasteiger partial charge on any atom is 0.0245 e. The van der Waals surface area contributed by atoms with Crippen LogP contribution in [0.15, 0.2) is 65.2 Å². The Morgan fingerprint density at radius 3 is 1.82 bits per heavy atom. The predicted molar refractivity (Wildman–Crippen MR) is 103 cm³/mol. The van der Waals surface area contributed by atoms with Crippen molar-refractivity contribution in [3.8, 4) is 0 Å². The Balaban J connectivity index is 1.96. The highest BCUT2D eigenvalue weighted by Gasteiger charge is 2.29. The van der Waals surface area contributed by atoms with Crippen LogP contribution in [0.1, 0.15) is 53.9 Å². The molecular weight excluding hydrogens is 400 g/mol. The number of rotatable bonds is 2. The minimum atomic E-state index is 1.04. The Bertz CT molecular complexity index is 762. The Morgan fingerprint density at radius 1 is 0.682 bits per heavy atom. The van der Waals surface area contributed by atoms with Gasteiger partial charge in [0.1, 0.15) is 0 Å². The molecule has 2 heteroatoms. The maximum atomic E-state index is 3.88. The van der Waals surface area contributed by atoms with Gasteiger partial charge in [0.15, 0.2) is 0 Å². The van der Waals surface area contributed by atoms with Crippen LogP contribution in [0.2, 0.25) is 0 Å². The second-order valence-electron chi connectivity index (χ2n) is 6.58. The van der Waals surface area contributed by atoms with Crippen molar-refractivity contribution < 1.29 is 0 Å². The van der Waals surface area contributed by atoms with E-state index >= 15 is 0 Å². The fourth-order valence-corrected chi connectivity index (χ4v) is 4.85. The second-order valence-corrected chi connectivity index (χ2v) is 8.33. The predicted octanol–water partition coefficient (Wildman–Crippen LogP) is 7.41. The smallest absolute Gasteiger partial charge is 0.0245 e. The molecule has 0 aromatic carbocycles. The van der Waals surface area contributed by atoms with E-state index in [0.717, 1.165) is 19.3 Å². The molecule has 0 heterocycles. The lowest BCUT2D eigenvalue weighted by atomic mass is 9.93. The molecule has 0 saturated carbocycles. The van der Waals surface area contributed by atoms with Crippen LogP contribution in [-0.2, 0) is 0 Å². The summed E-state index contributed by atoms with van der Waals surface area (Å²) >= 11 is 7.62. The average Bonchev–Trinajstić information content (AvgIpc) is 3.05. The van der Waals surface area contributed by atoms with Crippen LogP contribution in [-0.4, -0.2) is 0 Å². The van der Waals surface area contributed by atoms with E-state index in [-0.39, 0.29) is 0 Å². The van der Waals surface area contributed by atoms with Gasteiger partial charge in [0, 0.05) is 15.4 Å². The lowest BCUT2D eigenvalue weighted by Crippen LogP contribution is -1.93. The lowest BCUT2D eigenvalue weighted by molar-refractivity contribution is 1.07. The zero-order valence-electron chi connectivity index (χ0n) is 14.0. The van der Waals surface area contributed by atoms with Crippen LogP contribution in [0.5, 0.6) is 0 Å². The number of halogens is 2. The molecule has 116 valence electrons. The van der Waals surface area contributed by atoms with Gasteiger partial charge in [-0.1, -0.05) is 43.5 Å². The first-order chi connectivity index (χ1) is 10.3. The van der Waals surface area contributed by atoms with Crippen molar-refractivity contribution in [1.82, 2.24) is 0 Å². The molecule has 0 atom stereocenters. The minimum absolute atomic E-state index is 1.04. The van der Waals surface area contributed by atoms with Crippen LogP contribution < -0.4 is 0 Å². The molecule has 3 aliphatic rings. The van der Waals surface area contributed by atoms with Gasteiger partial charge in [-0.2, -0.15) is 0 Å². The van der Waals surface area contributed by atoms with E-state index in [1.165, 1.54) is 53.5 Å². The average molecular weight is 422 g/mol. The third-order valence-corrected chi connectivity index (χ3v) is 7.49. The summed E-state index contributed by atoms with van der Waals surface area (Å²) in [7, 11) is 0. The first kappa shape index (κ1) is 16.3. The lowest BCUT2D eigenvalue weighted by Gasteiger charge is -2.11. The fourth-order valence-electron chi connectivity index (χ4n) is 3.65. The molecule has 0 aromatic heterocycles. The van der Waals surface area contributed by atoms with Crippen molar-refractivity contribution in [3.63, 3.8) is 0 Å². The number of hydrogen-bond acceptors (Lipinski definition) is 0. The molecule has 0 nitrogen and oxygen atoms in total. The Kier molecular flexibility index (Phi) is 4.28. The van der Waals surface area contributed by atoms with Gasteiger partial charge in [-0.15, -0.1) is 0 Å². The summed E-state index contributed by atoms with van der Waals surface area (Å²) in [6.45, 7) is 11.2. The third-order valence-electron chi connectivity index (χ3n) is 5.54. The second kappa shape index (κ2) is 5.79. The Morgan fingerprint density at radius 2 is 1.32 bits per heavy atom. The number of allylic oxidation sites excluding steroid dienone is 12. The molecule has 0 N–H and O–H groups in total. The molecule has 0 fully saturated rings. The first-order valence-electron chi connectivity index (χ1n) is 7.84. The largest absolute Gasteiger partial charge is 0.0769 e. The highest BCUT2D eigenvalue weighted by molar-refractivity contribution is 9.12. The van der Waals surface area contributed by atoms with Crippen molar-refractivity contribution in [2.45, 2.75) is 53.9 Å². The van der Waals surface area contributed by atoms with Crippen LogP contribution >= 0.6 is 31.9 Å². The summed E-state index contributed by atoms with van der Waals surface area (Å²) in [6, 6.07) is 0. The van der Waals surface area contributed by atoms with Gasteiger partial charge in [-0.05, 0) is 92.0 Å². The summed E-state index contributed by atoms with van der Waals surface area (Å²) in [5.74, 6) is 0. The Labute approximate surface area is 150 Å². The standard InChI is InChI=1S/C20H22Br2/c1-10-6-7-15(11(10)2)16-8-18(20(22)14(16)5)17-9-19(21)13(4)12(17)3/h6H,7-9H2,1-5H3. The summed E-state index contributed by atoms with van der Waals surface area (Å²) < 4.78 is 2.66. The molecule has 0 radical (unpaired) electrons. The van der Waals surface area contributed by atoms with E-state index in [1.807, 2.05) is 0 Å². The van der Waals surface area contributed by atoms with Crippen molar-refractivity contribution in [1.29, 1.82) is 0 Å². The molecule has 0 aliphatic heterocycles. The van der Waals surface area contributed by atoms with Gasteiger partial charge < -0.3 is 0 Å². The van der Waals surface area contributed by atoms with Crippen molar-refractivity contribution in [3.05, 3.63) is 65.2 Å². The molecule has 0 aromatic rings. The van der Waals surface area contributed by atoms with Gasteiger partial charge in [0.05, 0.1) is 0 Å².